The molecule has 2 aliphatic rings. The van der Waals surface area contributed by atoms with Gasteiger partial charge in [-0.2, -0.15) is 0 Å². The maximum atomic E-state index is 12.2. The van der Waals surface area contributed by atoms with Crippen molar-refractivity contribution in [1.82, 2.24) is 15.1 Å². The minimum absolute atomic E-state index is 0.0296. The number of nitrogens with one attached hydrogen (secondary N) is 1. The summed E-state index contributed by atoms with van der Waals surface area (Å²) in [4.78, 5) is 26.7. The summed E-state index contributed by atoms with van der Waals surface area (Å²) in [5.41, 5.74) is 5.25. The fourth-order valence-corrected chi connectivity index (χ4v) is 2.67. The number of piperidine rings is 1. The highest BCUT2D eigenvalue weighted by Crippen LogP contribution is 2.18. The van der Waals surface area contributed by atoms with Gasteiger partial charge in [0.15, 0.2) is 0 Å². The van der Waals surface area contributed by atoms with E-state index in [1.165, 1.54) is 4.90 Å². The Hall–Kier alpha value is -1.30. The maximum absolute atomic E-state index is 12.2. The SMILES string of the molecule is CC1C(=O)N(C2CCNCC2)CCN1C(N)=O. The summed E-state index contributed by atoms with van der Waals surface area (Å²) in [7, 11) is 0. The van der Waals surface area contributed by atoms with E-state index in [-0.39, 0.29) is 5.91 Å². The van der Waals surface area contributed by atoms with Crippen molar-refractivity contribution in [2.45, 2.75) is 31.8 Å². The van der Waals surface area contributed by atoms with Gasteiger partial charge in [0.05, 0.1) is 0 Å². The molecule has 1 unspecified atom stereocenters. The van der Waals surface area contributed by atoms with E-state index in [9.17, 15) is 9.59 Å². The Morgan fingerprint density at radius 2 is 2.00 bits per heavy atom. The second-order valence-electron chi connectivity index (χ2n) is 4.72. The van der Waals surface area contributed by atoms with Gasteiger partial charge < -0.3 is 20.9 Å². The van der Waals surface area contributed by atoms with E-state index < -0.39 is 12.1 Å². The molecule has 3 N–H and O–H groups in total. The summed E-state index contributed by atoms with van der Waals surface area (Å²) in [5, 5.41) is 3.28. The first-order valence-electron chi connectivity index (χ1n) is 6.18. The van der Waals surface area contributed by atoms with Crippen molar-refractivity contribution in [2.75, 3.05) is 26.2 Å². The fraction of sp³-hybridized carbons (Fsp3) is 0.818. The van der Waals surface area contributed by atoms with Gasteiger partial charge in [-0.25, -0.2) is 4.79 Å². The molecule has 0 radical (unpaired) electrons. The molecular weight excluding hydrogens is 220 g/mol. The van der Waals surface area contributed by atoms with Crippen LogP contribution in [0, 0.1) is 0 Å². The van der Waals surface area contributed by atoms with Crippen molar-refractivity contribution in [3.63, 3.8) is 0 Å². The lowest BCUT2D eigenvalue weighted by molar-refractivity contribution is -0.142. The zero-order chi connectivity index (χ0) is 12.4. The number of piperazine rings is 1. The maximum Gasteiger partial charge on any atom is 0.315 e. The number of nitrogens with two attached hydrogens (primary N) is 1. The number of hydrogen-bond acceptors (Lipinski definition) is 3. The molecule has 2 fully saturated rings. The summed E-state index contributed by atoms with van der Waals surface area (Å²) in [5.74, 6) is 0.0296. The van der Waals surface area contributed by atoms with E-state index in [4.69, 9.17) is 5.73 Å². The molecule has 0 spiro atoms. The number of primary amides is 1. The lowest BCUT2D eigenvalue weighted by Crippen LogP contribution is -2.61. The molecule has 0 aliphatic carbocycles. The largest absolute Gasteiger partial charge is 0.351 e. The van der Waals surface area contributed by atoms with Gasteiger partial charge in [-0.1, -0.05) is 0 Å². The van der Waals surface area contributed by atoms with Crippen LogP contribution in [0.4, 0.5) is 4.79 Å². The number of rotatable bonds is 1. The summed E-state index contributed by atoms with van der Waals surface area (Å²) < 4.78 is 0. The number of nitrogens with zero attached hydrogens (tertiary/aromatic N) is 2. The third kappa shape index (κ3) is 2.36. The van der Waals surface area contributed by atoms with Crippen LogP contribution < -0.4 is 11.1 Å². The number of carbonyl (C=O) groups is 2. The highest BCUT2D eigenvalue weighted by Gasteiger charge is 2.36. The van der Waals surface area contributed by atoms with Crippen molar-refractivity contribution < 1.29 is 9.59 Å². The van der Waals surface area contributed by atoms with Gasteiger partial charge in [0.1, 0.15) is 6.04 Å². The Balaban J connectivity index is 2.02. The van der Waals surface area contributed by atoms with Gasteiger partial charge in [0, 0.05) is 19.1 Å². The molecule has 17 heavy (non-hydrogen) atoms. The Morgan fingerprint density at radius 3 is 2.59 bits per heavy atom. The van der Waals surface area contributed by atoms with Crippen molar-refractivity contribution in [3.8, 4) is 0 Å². The van der Waals surface area contributed by atoms with Crippen LogP contribution in [0.25, 0.3) is 0 Å². The molecule has 0 bridgehead atoms. The zero-order valence-electron chi connectivity index (χ0n) is 10.2. The summed E-state index contributed by atoms with van der Waals surface area (Å²) in [6, 6.07) is -0.604. The van der Waals surface area contributed by atoms with Crippen LogP contribution in [-0.2, 0) is 4.79 Å². The quantitative estimate of drug-likeness (QED) is 0.639. The van der Waals surface area contributed by atoms with Crippen molar-refractivity contribution in [2.24, 2.45) is 5.73 Å². The molecule has 2 rings (SSSR count). The molecule has 6 nitrogen and oxygen atoms in total. The van der Waals surface area contributed by atoms with E-state index in [1.54, 1.807) is 6.92 Å². The first kappa shape index (κ1) is 12.2. The monoisotopic (exact) mass is 240 g/mol. The minimum Gasteiger partial charge on any atom is -0.351 e. The lowest BCUT2D eigenvalue weighted by Gasteiger charge is -2.43. The van der Waals surface area contributed by atoms with Crippen LogP contribution in [0.5, 0.6) is 0 Å². The van der Waals surface area contributed by atoms with Crippen LogP contribution in [-0.4, -0.2) is 60.0 Å². The fourth-order valence-electron chi connectivity index (χ4n) is 2.67. The molecule has 0 saturated carbocycles. The van der Waals surface area contributed by atoms with Gasteiger partial charge in [-0.05, 0) is 32.9 Å². The van der Waals surface area contributed by atoms with E-state index in [2.05, 4.69) is 5.32 Å². The molecule has 2 aliphatic heterocycles. The van der Waals surface area contributed by atoms with Crippen molar-refractivity contribution >= 4 is 11.9 Å². The second-order valence-corrected chi connectivity index (χ2v) is 4.72. The van der Waals surface area contributed by atoms with Crippen LogP contribution in [0.3, 0.4) is 0 Å². The summed E-state index contributed by atoms with van der Waals surface area (Å²) in [6.07, 6.45) is 1.99. The molecule has 3 amide bonds. The van der Waals surface area contributed by atoms with Gasteiger partial charge in [-0.15, -0.1) is 0 Å². The van der Waals surface area contributed by atoms with Gasteiger partial charge in [-0.3, -0.25) is 4.79 Å². The molecule has 1 atom stereocenters. The highest BCUT2D eigenvalue weighted by molar-refractivity contribution is 5.87. The number of hydrogen-bond donors (Lipinski definition) is 2. The molecular formula is C11H20N4O2. The third-order valence-corrected chi connectivity index (χ3v) is 3.72. The minimum atomic E-state index is -0.504. The van der Waals surface area contributed by atoms with Crippen molar-refractivity contribution in [1.29, 1.82) is 0 Å². The van der Waals surface area contributed by atoms with Crippen LogP contribution in [0.1, 0.15) is 19.8 Å². The Labute approximate surface area is 101 Å². The summed E-state index contributed by atoms with van der Waals surface area (Å²) >= 11 is 0. The molecule has 6 heteroatoms. The Kier molecular flexibility index (Phi) is 3.51. The Morgan fingerprint density at radius 1 is 1.35 bits per heavy atom. The molecule has 2 heterocycles. The van der Waals surface area contributed by atoms with E-state index in [1.807, 2.05) is 4.90 Å². The summed E-state index contributed by atoms with van der Waals surface area (Å²) in [6.45, 7) is 4.83. The van der Waals surface area contributed by atoms with Gasteiger partial charge >= 0.3 is 6.03 Å². The molecule has 96 valence electrons. The Bertz CT molecular complexity index is 315. The zero-order valence-corrected chi connectivity index (χ0v) is 10.2. The third-order valence-electron chi connectivity index (χ3n) is 3.72. The number of amides is 3. The van der Waals surface area contributed by atoms with Crippen LogP contribution in [0.2, 0.25) is 0 Å². The van der Waals surface area contributed by atoms with Crippen LogP contribution >= 0.6 is 0 Å². The average molecular weight is 240 g/mol. The predicted octanol–water partition coefficient (Wildman–Crippen LogP) is -0.650. The molecule has 0 aromatic carbocycles. The first-order valence-corrected chi connectivity index (χ1v) is 6.18. The van der Waals surface area contributed by atoms with Crippen LogP contribution in [0.15, 0.2) is 0 Å². The highest BCUT2D eigenvalue weighted by atomic mass is 16.2. The van der Waals surface area contributed by atoms with Gasteiger partial charge in [0.2, 0.25) is 5.91 Å². The number of carbonyl (C=O) groups excluding carboxylic acids is 2. The number of urea groups is 1. The van der Waals surface area contributed by atoms with Gasteiger partial charge in [0.25, 0.3) is 0 Å². The molecule has 0 aromatic heterocycles. The average Bonchev–Trinajstić information content (AvgIpc) is 2.33. The molecule has 2 saturated heterocycles. The van der Waals surface area contributed by atoms with E-state index in [0.717, 1.165) is 25.9 Å². The lowest BCUT2D eigenvalue weighted by atomic mass is 10.0. The van der Waals surface area contributed by atoms with E-state index >= 15 is 0 Å². The second kappa shape index (κ2) is 4.91. The first-order chi connectivity index (χ1) is 8.11. The topological polar surface area (TPSA) is 78.7 Å². The normalized spacial score (nSPS) is 27.4. The van der Waals surface area contributed by atoms with E-state index in [0.29, 0.717) is 19.1 Å². The standard InChI is InChI=1S/C11H20N4O2/c1-8-10(16)15(7-6-14(8)11(12)17)9-2-4-13-5-3-9/h8-9,13H,2-7H2,1H3,(H2,12,17). The smallest absolute Gasteiger partial charge is 0.315 e. The predicted molar refractivity (Wildman–Crippen MR) is 63.4 cm³/mol. The van der Waals surface area contributed by atoms with Crippen molar-refractivity contribution in [3.05, 3.63) is 0 Å². The molecule has 0 aromatic rings.